The third kappa shape index (κ3) is 4.21. The van der Waals surface area contributed by atoms with Crippen LogP contribution in [0, 0.1) is 0 Å². The van der Waals surface area contributed by atoms with Gasteiger partial charge in [-0.3, -0.25) is 4.79 Å². The number of ether oxygens (including phenoxy) is 2. The number of hydrogen-bond donors (Lipinski definition) is 0. The highest BCUT2D eigenvalue weighted by Crippen LogP contribution is 2.21. The summed E-state index contributed by atoms with van der Waals surface area (Å²) >= 11 is 5.76. The van der Waals surface area contributed by atoms with Crippen molar-refractivity contribution in [3.05, 3.63) is 28.8 Å². The van der Waals surface area contributed by atoms with E-state index < -0.39 is 0 Å². The largest absolute Gasteiger partial charge is 0.490 e. The molecule has 0 amide bonds. The van der Waals surface area contributed by atoms with E-state index in [4.69, 9.17) is 21.1 Å². The highest BCUT2D eigenvalue weighted by Gasteiger charge is 2.03. The molecule has 88 valence electrons. The van der Waals surface area contributed by atoms with Gasteiger partial charge in [-0.2, -0.15) is 0 Å². The van der Waals surface area contributed by atoms with Crippen LogP contribution >= 0.6 is 11.6 Å². The molecular formula is C12H15ClO3. The van der Waals surface area contributed by atoms with E-state index in [9.17, 15) is 4.79 Å². The first-order valence-corrected chi connectivity index (χ1v) is 5.61. The molecule has 0 atom stereocenters. The lowest BCUT2D eigenvalue weighted by atomic mass is 10.2. The fourth-order valence-electron chi connectivity index (χ4n) is 1.20. The minimum Gasteiger partial charge on any atom is -0.490 e. The Morgan fingerprint density at radius 2 is 2.12 bits per heavy atom. The molecule has 4 heteroatoms. The summed E-state index contributed by atoms with van der Waals surface area (Å²) in [7, 11) is 0. The Morgan fingerprint density at radius 3 is 2.81 bits per heavy atom. The van der Waals surface area contributed by atoms with Crippen molar-refractivity contribution in [1.29, 1.82) is 0 Å². The molecule has 0 aliphatic heterocycles. The van der Waals surface area contributed by atoms with Crippen molar-refractivity contribution >= 4 is 17.9 Å². The fraction of sp³-hybridized carbons (Fsp3) is 0.417. The van der Waals surface area contributed by atoms with E-state index in [2.05, 4.69) is 0 Å². The zero-order valence-electron chi connectivity index (χ0n) is 9.24. The zero-order chi connectivity index (χ0) is 11.8. The predicted molar refractivity (Wildman–Crippen MR) is 63.4 cm³/mol. The van der Waals surface area contributed by atoms with Crippen LogP contribution in [0.15, 0.2) is 18.2 Å². The quantitative estimate of drug-likeness (QED) is 0.545. The fourth-order valence-corrected chi connectivity index (χ4v) is 1.38. The molecule has 0 unspecified atom stereocenters. The standard InChI is InChI=1S/C12H15ClO3/c1-2-5-15-6-7-16-12-4-3-11(13)8-10(12)9-14/h3-4,8-9H,2,5-7H2,1H3. The number of halogens is 1. The van der Waals surface area contributed by atoms with Crippen molar-refractivity contribution in [3.8, 4) is 5.75 Å². The number of carbonyl (C=O) groups excluding carboxylic acids is 1. The second-order valence-corrected chi connectivity index (χ2v) is 3.70. The van der Waals surface area contributed by atoms with Gasteiger partial charge in [-0.25, -0.2) is 0 Å². The molecule has 0 radical (unpaired) electrons. The van der Waals surface area contributed by atoms with Crippen LogP contribution in [0.5, 0.6) is 5.75 Å². The van der Waals surface area contributed by atoms with Crippen LogP contribution in [0.4, 0.5) is 0 Å². The van der Waals surface area contributed by atoms with E-state index in [1.165, 1.54) is 0 Å². The van der Waals surface area contributed by atoms with Crippen LogP contribution in [-0.2, 0) is 4.74 Å². The highest BCUT2D eigenvalue weighted by atomic mass is 35.5. The van der Waals surface area contributed by atoms with Crippen LogP contribution < -0.4 is 4.74 Å². The molecule has 0 saturated heterocycles. The Kier molecular flexibility index (Phi) is 5.90. The van der Waals surface area contributed by atoms with Crippen LogP contribution in [0.1, 0.15) is 23.7 Å². The minimum atomic E-state index is 0.433. The van der Waals surface area contributed by atoms with Crippen molar-refractivity contribution in [1.82, 2.24) is 0 Å². The Labute approximate surface area is 100 Å². The van der Waals surface area contributed by atoms with Gasteiger partial charge in [-0.05, 0) is 24.6 Å². The smallest absolute Gasteiger partial charge is 0.153 e. The molecule has 0 saturated carbocycles. The number of carbonyl (C=O) groups is 1. The average molecular weight is 243 g/mol. The summed E-state index contributed by atoms with van der Waals surface area (Å²) in [4.78, 5) is 10.7. The predicted octanol–water partition coefficient (Wildman–Crippen LogP) is 2.96. The van der Waals surface area contributed by atoms with E-state index >= 15 is 0 Å². The Bertz CT molecular complexity index is 339. The molecule has 0 heterocycles. The summed E-state index contributed by atoms with van der Waals surface area (Å²) in [6, 6.07) is 4.96. The van der Waals surface area contributed by atoms with Crippen molar-refractivity contribution in [2.75, 3.05) is 19.8 Å². The zero-order valence-corrected chi connectivity index (χ0v) is 10.00. The number of hydrogen-bond acceptors (Lipinski definition) is 3. The number of aldehydes is 1. The van der Waals surface area contributed by atoms with Gasteiger partial charge in [0.2, 0.25) is 0 Å². The molecule has 1 aromatic rings. The summed E-state index contributed by atoms with van der Waals surface area (Å²) in [5.41, 5.74) is 0.461. The molecule has 0 aliphatic carbocycles. The average Bonchev–Trinajstić information content (AvgIpc) is 2.30. The van der Waals surface area contributed by atoms with Gasteiger partial charge in [-0.15, -0.1) is 0 Å². The van der Waals surface area contributed by atoms with E-state index in [1.54, 1.807) is 18.2 Å². The van der Waals surface area contributed by atoms with Crippen molar-refractivity contribution in [3.63, 3.8) is 0 Å². The maximum Gasteiger partial charge on any atom is 0.153 e. The first-order valence-electron chi connectivity index (χ1n) is 5.23. The van der Waals surface area contributed by atoms with Crippen LogP contribution in [0.2, 0.25) is 5.02 Å². The Hall–Kier alpha value is -1.06. The lowest BCUT2D eigenvalue weighted by Gasteiger charge is -2.08. The van der Waals surface area contributed by atoms with E-state index in [0.717, 1.165) is 19.3 Å². The first-order chi connectivity index (χ1) is 7.77. The van der Waals surface area contributed by atoms with E-state index in [0.29, 0.717) is 29.5 Å². The van der Waals surface area contributed by atoms with Gasteiger partial charge in [0.15, 0.2) is 6.29 Å². The van der Waals surface area contributed by atoms with Crippen molar-refractivity contribution < 1.29 is 14.3 Å². The Balaban J connectivity index is 2.44. The third-order valence-electron chi connectivity index (χ3n) is 1.93. The van der Waals surface area contributed by atoms with Gasteiger partial charge in [0.05, 0.1) is 12.2 Å². The topological polar surface area (TPSA) is 35.5 Å². The summed E-state index contributed by atoms with van der Waals surface area (Å²) in [5, 5.41) is 0.525. The van der Waals surface area contributed by atoms with Gasteiger partial charge < -0.3 is 9.47 Å². The van der Waals surface area contributed by atoms with Crippen LogP contribution in [-0.4, -0.2) is 26.1 Å². The van der Waals surface area contributed by atoms with Gasteiger partial charge >= 0.3 is 0 Å². The third-order valence-corrected chi connectivity index (χ3v) is 2.17. The number of benzene rings is 1. The minimum absolute atomic E-state index is 0.433. The van der Waals surface area contributed by atoms with E-state index in [1.807, 2.05) is 6.92 Å². The molecule has 1 rings (SSSR count). The van der Waals surface area contributed by atoms with Crippen LogP contribution in [0.25, 0.3) is 0 Å². The first kappa shape index (κ1) is 13.0. The lowest BCUT2D eigenvalue weighted by Crippen LogP contribution is -2.08. The summed E-state index contributed by atoms with van der Waals surface area (Å²) in [6.07, 6.45) is 1.72. The second-order valence-electron chi connectivity index (χ2n) is 3.26. The molecule has 1 aromatic carbocycles. The molecule has 16 heavy (non-hydrogen) atoms. The summed E-state index contributed by atoms with van der Waals surface area (Å²) < 4.78 is 10.7. The monoisotopic (exact) mass is 242 g/mol. The molecule has 0 bridgehead atoms. The van der Waals surface area contributed by atoms with Crippen molar-refractivity contribution in [2.24, 2.45) is 0 Å². The number of rotatable bonds is 7. The second kappa shape index (κ2) is 7.25. The summed E-state index contributed by atoms with van der Waals surface area (Å²) in [6.45, 7) is 3.73. The molecule has 0 aliphatic rings. The van der Waals surface area contributed by atoms with Gasteiger partial charge in [0.25, 0.3) is 0 Å². The maximum absolute atomic E-state index is 10.7. The van der Waals surface area contributed by atoms with Crippen molar-refractivity contribution in [2.45, 2.75) is 13.3 Å². The highest BCUT2D eigenvalue weighted by molar-refractivity contribution is 6.30. The van der Waals surface area contributed by atoms with Gasteiger partial charge in [-0.1, -0.05) is 18.5 Å². The van der Waals surface area contributed by atoms with Gasteiger partial charge in [0, 0.05) is 11.6 Å². The summed E-state index contributed by atoms with van der Waals surface area (Å²) in [5.74, 6) is 0.541. The lowest BCUT2D eigenvalue weighted by molar-refractivity contribution is 0.0992. The van der Waals surface area contributed by atoms with Gasteiger partial charge in [0.1, 0.15) is 12.4 Å². The molecule has 0 aromatic heterocycles. The van der Waals surface area contributed by atoms with E-state index in [-0.39, 0.29) is 0 Å². The molecule has 0 spiro atoms. The van der Waals surface area contributed by atoms with Crippen LogP contribution in [0.3, 0.4) is 0 Å². The normalized spacial score (nSPS) is 10.1. The molecule has 3 nitrogen and oxygen atoms in total. The molecule has 0 N–H and O–H groups in total. The maximum atomic E-state index is 10.7. The molecular weight excluding hydrogens is 228 g/mol. The SMILES string of the molecule is CCCOCCOc1ccc(Cl)cc1C=O. The molecule has 0 fully saturated rings. The Morgan fingerprint density at radius 1 is 1.31 bits per heavy atom.